The molecule has 2 amide bonds. The van der Waals surface area contributed by atoms with E-state index in [9.17, 15) is 4.79 Å². The standard InChI is InChI=1S/C11H19N3O2S/c1-4-9(10-12-8(3)6-17-10)14-11(16)13-7(2)5-15/h6-7,9,15H,4-5H2,1-3H3,(H2,13,14,16). The predicted molar refractivity (Wildman–Crippen MR) is 68.1 cm³/mol. The molecule has 2 unspecified atom stereocenters. The molecule has 6 heteroatoms. The highest BCUT2D eigenvalue weighted by Crippen LogP contribution is 2.20. The van der Waals surface area contributed by atoms with E-state index in [1.165, 1.54) is 0 Å². The van der Waals surface area contributed by atoms with Gasteiger partial charge in [-0.3, -0.25) is 0 Å². The van der Waals surface area contributed by atoms with Crippen LogP contribution in [0.25, 0.3) is 0 Å². The molecule has 1 heterocycles. The van der Waals surface area contributed by atoms with E-state index in [2.05, 4.69) is 15.6 Å². The third kappa shape index (κ3) is 4.32. The highest BCUT2D eigenvalue weighted by atomic mass is 32.1. The first-order chi connectivity index (χ1) is 8.06. The Morgan fingerprint density at radius 3 is 2.76 bits per heavy atom. The molecule has 96 valence electrons. The summed E-state index contributed by atoms with van der Waals surface area (Å²) in [4.78, 5) is 16.0. The summed E-state index contributed by atoms with van der Waals surface area (Å²) in [7, 11) is 0. The van der Waals surface area contributed by atoms with Gasteiger partial charge in [-0.05, 0) is 20.3 Å². The number of hydrogen-bond acceptors (Lipinski definition) is 4. The maximum atomic E-state index is 11.6. The van der Waals surface area contributed by atoms with Gasteiger partial charge < -0.3 is 15.7 Å². The molecule has 0 aliphatic carbocycles. The van der Waals surface area contributed by atoms with Crippen LogP contribution in [0, 0.1) is 6.92 Å². The second-order valence-electron chi connectivity index (χ2n) is 3.99. The van der Waals surface area contributed by atoms with Crippen molar-refractivity contribution in [2.24, 2.45) is 0 Å². The third-order valence-electron chi connectivity index (χ3n) is 2.30. The van der Waals surface area contributed by atoms with Crippen molar-refractivity contribution in [3.05, 3.63) is 16.1 Å². The van der Waals surface area contributed by atoms with E-state index < -0.39 is 0 Å². The number of aliphatic hydroxyl groups excluding tert-OH is 1. The first-order valence-corrected chi connectivity index (χ1v) is 6.54. The molecular formula is C11H19N3O2S. The first-order valence-electron chi connectivity index (χ1n) is 5.66. The van der Waals surface area contributed by atoms with Crippen LogP contribution in [0.4, 0.5) is 4.79 Å². The highest BCUT2D eigenvalue weighted by molar-refractivity contribution is 7.09. The number of urea groups is 1. The van der Waals surface area contributed by atoms with Crippen LogP contribution >= 0.6 is 11.3 Å². The number of aryl methyl sites for hydroxylation is 1. The van der Waals surface area contributed by atoms with Gasteiger partial charge in [-0.2, -0.15) is 0 Å². The smallest absolute Gasteiger partial charge is 0.315 e. The quantitative estimate of drug-likeness (QED) is 0.749. The largest absolute Gasteiger partial charge is 0.394 e. The molecule has 0 bridgehead atoms. The van der Waals surface area contributed by atoms with Gasteiger partial charge in [0.2, 0.25) is 0 Å². The minimum Gasteiger partial charge on any atom is -0.394 e. The van der Waals surface area contributed by atoms with Gasteiger partial charge in [0.1, 0.15) is 5.01 Å². The maximum Gasteiger partial charge on any atom is 0.315 e. The lowest BCUT2D eigenvalue weighted by Crippen LogP contribution is -2.43. The maximum absolute atomic E-state index is 11.6. The molecule has 0 saturated carbocycles. The number of rotatable bonds is 5. The van der Waals surface area contributed by atoms with Crippen LogP contribution in [0.3, 0.4) is 0 Å². The molecule has 1 rings (SSSR count). The number of nitrogens with one attached hydrogen (secondary N) is 2. The van der Waals surface area contributed by atoms with Crippen molar-refractivity contribution in [1.29, 1.82) is 0 Å². The van der Waals surface area contributed by atoms with Crippen molar-refractivity contribution < 1.29 is 9.90 Å². The van der Waals surface area contributed by atoms with Crippen LogP contribution in [-0.2, 0) is 0 Å². The minimum atomic E-state index is -0.272. The summed E-state index contributed by atoms with van der Waals surface area (Å²) < 4.78 is 0. The van der Waals surface area contributed by atoms with E-state index in [1.54, 1.807) is 18.3 Å². The van der Waals surface area contributed by atoms with Crippen LogP contribution in [-0.4, -0.2) is 28.8 Å². The molecule has 2 atom stereocenters. The molecule has 3 N–H and O–H groups in total. The molecule has 0 saturated heterocycles. The topological polar surface area (TPSA) is 74.2 Å². The second-order valence-corrected chi connectivity index (χ2v) is 4.88. The lowest BCUT2D eigenvalue weighted by molar-refractivity contribution is 0.217. The van der Waals surface area contributed by atoms with Crippen LogP contribution in [0.2, 0.25) is 0 Å². The number of aliphatic hydroxyl groups is 1. The average Bonchev–Trinajstić information content (AvgIpc) is 2.72. The van der Waals surface area contributed by atoms with Gasteiger partial charge in [0.05, 0.1) is 18.7 Å². The van der Waals surface area contributed by atoms with Crippen LogP contribution in [0.5, 0.6) is 0 Å². The van der Waals surface area contributed by atoms with E-state index in [1.807, 2.05) is 19.2 Å². The summed E-state index contributed by atoms with van der Waals surface area (Å²) in [6.45, 7) is 5.60. The van der Waals surface area contributed by atoms with Gasteiger partial charge in [-0.15, -0.1) is 11.3 Å². The van der Waals surface area contributed by atoms with Crippen molar-refractivity contribution in [2.75, 3.05) is 6.61 Å². The zero-order chi connectivity index (χ0) is 12.8. The Balaban J connectivity index is 2.55. The second kappa shape index (κ2) is 6.56. The fraction of sp³-hybridized carbons (Fsp3) is 0.636. The Morgan fingerprint density at radius 2 is 2.29 bits per heavy atom. The van der Waals surface area contributed by atoms with Crippen molar-refractivity contribution in [3.63, 3.8) is 0 Å². The van der Waals surface area contributed by atoms with Gasteiger partial charge in [0.25, 0.3) is 0 Å². The summed E-state index contributed by atoms with van der Waals surface area (Å²) in [6, 6.07) is -0.587. The number of hydrogen-bond donors (Lipinski definition) is 3. The molecule has 17 heavy (non-hydrogen) atoms. The van der Waals surface area contributed by atoms with Crippen molar-refractivity contribution in [2.45, 2.75) is 39.3 Å². The average molecular weight is 257 g/mol. The van der Waals surface area contributed by atoms with Crippen LogP contribution in [0.1, 0.15) is 37.0 Å². The van der Waals surface area contributed by atoms with E-state index >= 15 is 0 Å². The lowest BCUT2D eigenvalue weighted by atomic mass is 10.2. The van der Waals surface area contributed by atoms with E-state index in [4.69, 9.17) is 5.11 Å². The van der Waals surface area contributed by atoms with Gasteiger partial charge >= 0.3 is 6.03 Å². The number of carbonyl (C=O) groups excluding carboxylic acids is 1. The van der Waals surface area contributed by atoms with Gasteiger partial charge in [-0.25, -0.2) is 9.78 Å². The first kappa shape index (κ1) is 13.9. The Kier molecular flexibility index (Phi) is 5.37. The molecule has 1 aromatic heterocycles. The molecule has 0 aromatic carbocycles. The zero-order valence-electron chi connectivity index (χ0n) is 10.4. The number of nitrogens with zero attached hydrogens (tertiary/aromatic N) is 1. The van der Waals surface area contributed by atoms with Gasteiger partial charge in [0.15, 0.2) is 0 Å². The third-order valence-corrected chi connectivity index (χ3v) is 3.38. The Bertz CT molecular complexity index is 367. The number of aromatic nitrogens is 1. The summed E-state index contributed by atoms with van der Waals surface area (Å²) >= 11 is 1.55. The Morgan fingerprint density at radius 1 is 1.59 bits per heavy atom. The molecule has 0 aliphatic heterocycles. The summed E-state index contributed by atoms with van der Waals surface area (Å²) in [5, 5.41) is 17.2. The SMILES string of the molecule is CCC(NC(=O)NC(C)CO)c1nc(C)cs1. The zero-order valence-corrected chi connectivity index (χ0v) is 11.2. The monoisotopic (exact) mass is 257 g/mol. The normalized spacial score (nSPS) is 14.1. The minimum absolute atomic E-state index is 0.0689. The van der Waals surface area contributed by atoms with E-state index in [0.29, 0.717) is 0 Å². The molecule has 1 aromatic rings. The molecule has 5 nitrogen and oxygen atoms in total. The summed E-state index contributed by atoms with van der Waals surface area (Å²) in [5.74, 6) is 0. The van der Waals surface area contributed by atoms with Gasteiger partial charge in [0, 0.05) is 11.1 Å². The summed E-state index contributed by atoms with van der Waals surface area (Å²) in [5.41, 5.74) is 0.967. The fourth-order valence-corrected chi connectivity index (χ4v) is 2.27. The predicted octanol–water partition coefficient (Wildman–Crippen LogP) is 1.58. The number of carbonyl (C=O) groups is 1. The van der Waals surface area contributed by atoms with Crippen molar-refractivity contribution >= 4 is 17.4 Å². The molecule has 0 spiro atoms. The number of amides is 2. The van der Waals surface area contributed by atoms with E-state index in [0.717, 1.165) is 17.1 Å². The highest BCUT2D eigenvalue weighted by Gasteiger charge is 2.16. The Hall–Kier alpha value is -1.14. The molecule has 0 aliphatic rings. The lowest BCUT2D eigenvalue weighted by Gasteiger charge is -2.17. The molecular weight excluding hydrogens is 238 g/mol. The van der Waals surface area contributed by atoms with Gasteiger partial charge in [-0.1, -0.05) is 6.92 Å². The van der Waals surface area contributed by atoms with Crippen LogP contribution in [0.15, 0.2) is 5.38 Å². The Labute approximate surface area is 105 Å². The van der Waals surface area contributed by atoms with Crippen LogP contribution < -0.4 is 10.6 Å². The van der Waals surface area contributed by atoms with Crippen molar-refractivity contribution in [3.8, 4) is 0 Å². The fourth-order valence-electron chi connectivity index (χ4n) is 1.34. The number of thiazole rings is 1. The van der Waals surface area contributed by atoms with Crippen molar-refractivity contribution in [1.82, 2.24) is 15.6 Å². The molecule has 0 radical (unpaired) electrons. The van der Waals surface area contributed by atoms with E-state index in [-0.39, 0.29) is 24.7 Å². The summed E-state index contributed by atoms with van der Waals surface area (Å²) in [6.07, 6.45) is 0.786. The molecule has 0 fully saturated rings.